The summed E-state index contributed by atoms with van der Waals surface area (Å²) in [5.74, 6) is -0.190. The molecule has 0 N–H and O–H groups in total. The summed E-state index contributed by atoms with van der Waals surface area (Å²) in [6.45, 7) is 7.47. The van der Waals surface area contributed by atoms with Crippen molar-refractivity contribution >= 4 is 40.9 Å². The van der Waals surface area contributed by atoms with Gasteiger partial charge in [0.25, 0.3) is 0 Å². The lowest BCUT2D eigenvalue weighted by molar-refractivity contribution is -0.143. The largest absolute Gasteiger partial charge is 0.466 e. The van der Waals surface area contributed by atoms with Crippen LogP contribution in [0.2, 0.25) is 0 Å². The maximum absolute atomic E-state index is 11.6. The van der Waals surface area contributed by atoms with Crippen molar-refractivity contribution in [1.29, 1.82) is 0 Å². The quantitative estimate of drug-likeness (QED) is 0.489. The molecule has 7 heteroatoms. The maximum Gasteiger partial charge on any atom is 0.306 e. The van der Waals surface area contributed by atoms with E-state index in [1.54, 1.807) is 18.3 Å². The van der Waals surface area contributed by atoms with E-state index in [1.165, 1.54) is 0 Å². The monoisotopic (exact) mass is 364 g/mol. The van der Waals surface area contributed by atoms with Gasteiger partial charge in [-0.25, -0.2) is 0 Å². The van der Waals surface area contributed by atoms with E-state index in [9.17, 15) is 4.79 Å². The molecule has 0 saturated carbocycles. The van der Waals surface area contributed by atoms with Gasteiger partial charge in [-0.05, 0) is 64.3 Å². The van der Waals surface area contributed by atoms with Crippen LogP contribution >= 0.6 is 17.8 Å². The molecule has 0 aliphatic rings. The summed E-state index contributed by atoms with van der Waals surface area (Å²) >= 11 is 7.33. The average molecular weight is 364 g/mol. The lowest BCUT2D eigenvalue weighted by atomic mass is 10.3. The van der Waals surface area contributed by atoms with Crippen molar-refractivity contribution in [3.05, 3.63) is 16.3 Å². The van der Waals surface area contributed by atoms with Gasteiger partial charge in [-0.1, -0.05) is 0 Å². The van der Waals surface area contributed by atoms with Crippen molar-refractivity contribution in [3.8, 4) is 0 Å². The number of thiophene rings is 1. The van der Waals surface area contributed by atoms with Gasteiger partial charge in [-0.3, -0.25) is 4.79 Å². The molecule has 22 heavy (non-hydrogen) atoms. The molecule has 0 bridgehead atoms. The van der Waals surface area contributed by atoms with Gasteiger partial charge in [0.05, 0.1) is 25.2 Å². The van der Waals surface area contributed by atoms with Crippen LogP contribution in [0.4, 0.5) is 0 Å². The van der Waals surface area contributed by atoms with E-state index in [1.807, 2.05) is 39.1 Å². The molecule has 1 heterocycles. The lowest BCUT2D eigenvalue weighted by Gasteiger charge is -2.27. The Morgan fingerprint density at radius 1 is 1.27 bits per heavy atom. The van der Waals surface area contributed by atoms with Crippen LogP contribution in [0.5, 0.6) is 0 Å². The van der Waals surface area contributed by atoms with Crippen molar-refractivity contribution in [3.63, 3.8) is 0 Å². The van der Waals surface area contributed by atoms with Crippen molar-refractivity contribution in [2.24, 2.45) is 0 Å². The molecule has 4 nitrogen and oxygen atoms in total. The van der Waals surface area contributed by atoms with Crippen molar-refractivity contribution < 1.29 is 18.6 Å². The molecule has 0 spiro atoms. The van der Waals surface area contributed by atoms with Crippen LogP contribution < -0.4 is 5.30 Å². The zero-order valence-corrected chi connectivity index (χ0v) is 16.4. The highest BCUT2D eigenvalue weighted by Gasteiger charge is 2.28. The first-order valence-corrected chi connectivity index (χ1v) is 11.0. The van der Waals surface area contributed by atoms with Gasteiger partial charge in [-0.2, -0.15) is 0 Å². The number of hydrogen-bond donors (Lipinski definition) is 0. The molecule has 0 aromatic carbocycles. The van der Waals surface area contributed by atoms with E-state index in [2.05, 4.69) is 0 Å². The molecule has 0 aliphatic heterocycles. The van der Waals surface area contributed by atoms with Crippen LogP contribution in [-0.2, 0) is 36.8 Å². The van der Waals surface area contributed by atoms with Gasteiger partial charge in [0, 0.05) is 10.2 Å². The molecule has 1 rings (SSSR count). The Morgan fingerprint density at radius 3 is 2.36 bits per heavy atom. The number of ether oxygens (including phenoxy) is 1. The Bertz CT molecular complexity index is 511. The first-order valence-electron chi connectivity index (χ1n) is 7.48. The van der Waals surface area contributed by atoms with Crippen LogP contribution in [0.25, 0.3) is 0 Å². The standard InChI is InChI=1S/C15H25O4PS2/c1-6-17-15(16)8-7-14-13(9-10-22-14)20(21,18-11(2)3)19-12(4)5/h9-12H,6-8H2,1-5H3. The molecular weight excluding hydrogens is 339 g/mol. The highest BCUT2D eigenvalue weighted by Crippen LogP contribution is 2.51. The Kier molecular flexibility index (Phi) is 8.22. The van der Waals surface area contributed by atoms with Crippen LogP contribution in [-0.4, -0.2) is 24.8 Å². The number of carbonyl (C=O) groups excluding carboxylic acids is 1. The third-order valence-electron chi connectivity index (χ3n) is 2.58. The highest BCUT2D eigenvalue weighted by atomic mass is 32.5. The summed E-state index contributed by atoms with van der Waals surface area (Å²) in [6, 6.07) is 1.97. The molecule has 126 valence electrons. The number of rotatable bonds is 9. The predicted molar refractivity (Wildman–Crippen MR) is 95.6 cm³/mol. The Labute approximate surface area is 142 Å². The Hall–Kier alpha value is -0.260. The smallest absolute Gasteiger partial charge is 0.306 e. The van der Waals surface area contributed by atoms with Gasteiger partial charge in [0.2, 0.25) is 6.49 Å². The highest BCUT2D eigenvalue weighted by molar-refractivity contribution is 8.13. The molecule has 0 aliphatic carbocycles. The number of hydrogen-bond acceptors (Lipinski definition) is 6. The molecule has 1 aromatic heterocycles. The zero-order chi connectivity index (χ0) is 16.8. The van der Waals surface area contributed by atoms with Crippen LogP contribution in [0.3, 0.4) is 0 Å². The topological polar surface area (TPSA) is 44.8 Å². The van der Waals surface area contributed by atoms with E-state index in [0.717, 1.165) is 10.2 Å². The van der Waals surface area contributed by atoms with Crippen LogP contribution in [0.1, 0.15) is 45.9 Å². The maximum atomic E-state index is 11.6. The third kappa shape index (κ3) is 6.09. The van der Waals surface area contributed by atoms with Gasteiger partial charge in [-0.15, -0.1) is 11.3 Å². The van der Waals surface area contributed by atoms with Gasteiger partial charge >= 0.3 is 5.97 Å². The number of carbonyl (C=O) groups is 1. The number of esters is 1. The molecule has 0 unspecified atom stereocenters. The third-order valence-corrected chi connectivity index (χ3v) is 7.22. The second-order valence-electron chi connectivity index (χ2n) is 5.34. The van der Waals surface area contributed by atoms with Gasteiger partial charge in [0.15, 0.2) is 0 Å². The Balaban J connectivity index is 2.94. The lowest BCUT2D eigenvalue weighted by Crippen LogP contribution is -2.18. The normalized spacial score (nSPS) is 12.1. The minimum atomic E-state index is -2.56. The fourth-order valence-electron chi connectivity index (χ4n) is 1.91. The zero-order valence-electron chi connectivity index (χ0n) is 13.8. The van der Waals surface area contributed by atoms with E-state index in [0.29, 0.717) is 19.4 Å². The van der Waals surface area contributed by atoms with Crippen LogP contribution in [0, 0.1) is 0 Å². The fraction of sp³-hybridized carbons (Fsp3) is 0.667. The molecule has 1 aromatic rings. The summed E-state index contributed by atoms with van der Waals surface area (Å²) < 4.78 is 16.9. The summed E-state index contributed by atoms with van der Waals surface area (Å²) in [7, 11) is 0. The van der Waals surface area contributed by atoms with Gasteiger partial charge in [0.1, 0.15) is 0 Å². The number of aryl methyl sites for hydroxylation is 1. The first kappa shape index (κ1) is 19.8. The SMILES string of the molecule is CCOC(=O)CCc1sccc1P(=S)(OC(C)C)OC(C)C. The molecule has 0 fully saturated rings. The summed E-state index contributed by atoms with van der Waals surface area (Å²) in [5, 5.41) is 2.91. The summed E-state index contributed by atoms with van der Waals surface area (Å²) in [4.78, 5) is 12.6. The van der Waals surface area contributed by atoms with Crippen molar-refractivity contribution in [2.75, 3.05) is 6.61 Å². The fourth-order valence-corrected chi connectivity index (χ4v) is 7.08. The molecule has 0 atom stereocenters. The summed E-state index contributed by atoms with van der Waals surface area (Å²) in [6.07, 6.45) is 0.928. The van der Waals surface area contributed by atoms with E-state index < -0.39 is 6.49 Å². The minimum absolute atomic E-state index is 0.0117. The second-order valence-corrected chi connectivity index (χ2v) is 9.68. The molecule has 0 radical (unpaired) electrons. The summed E-state index contributed by atoms with van der Waals surface area (Å²) in [5.41, 5.74) is 0. The van der Waals surface area contributed by atoms with Crippen LogP contribution in [0.15, 0.2) is 11.4 Å². The molecule has 0 amide bonds. The Morgan fingerprint density at radius 2 is 1.86 bits per heavy atom. The first-order chi connectivity index (χ1) is 10.3. The van der Waals surface area contributed by atoms with Crippen molar-refractivity contribution in [2.45, 2.75) is 59.7 Å². The second kappa shape index (κ2) is 9.14. The average Bonchev–Trinajstić information content (AvgIpc) is 2.83. The predicted octanol–water partition coefficient (Wildman–Crippen LogP) is 4.03. The minimum Gasteiger partial charge on any atom is -0.466 e. The molecule has 0 saturated heterocycles. The van der Waals surface area contributed by atoms with E-state index in [4.69, 9.17) is 25.6 Å². The van der Waals surface area contributed by atoms with E-state index >= 15 is 0 Å². The van der Waals surface area contributed by atoms with Gasteiger partial charge < -0.3 is 13.8 Å². The van der Waals surface area contributed by atoms with Crippen molar-refractivity contribution in [1.82, 2.24) is 0 Å². The van der Waals surface area contributed by atoms with E-state index in [-0.39, 0.29) is 18.2 Å². The molecular formula is C15H25O4PS2.